The predicted octanol–water partition coefficient (Wildman–Crippen LogP) is 4.08. The molecule has 3 rings (SSSR count). The van der Waals surface area contributed by atoms with E-state index < -0.39 is 0 Å². The molecule has 0 aliphatic heterocycles. The molecule has 3 aromatic rings. The summed E-state index contributed by atoms with van der Waals surface area (Å²) in [5.74, 6) is 2.35. The molecule has 0 aliphatic rings. The lowest BCUT2D eigenvalue weighted by Gasteiger charge is -2.06. The van der Waals surface area contributed by atoms with Crippen molar-refractivity contribution in [1.29, 1.82) is 0 Å². The van der Waals surface area contributed by atoms with Gasteiger partial charge in [0.15, 0.2) is 5.82 Å². The van der Waals surface area contributed by atoms with Crippen LogP contribution in [0.5, 0.6) is 0 Å². The van der Waals surface area contributed by atoms with Gasteiger partial charge in [0.2, 0.25) is 0 Å². The van der Waals surface area contributed by atoms with Gasteiger partial charge in [-0.05, 0) is 18.1 Å². The highest BCUT2D eigenvalue weighted by Gasteiger charge is 2.06. The summed E-state index contributed by atoms with van der Waals surface area (Å²) in [6, 6.07) is 18.7. The second-order valence-electron chi connectivity index (χ2n) is 4.92. The Kier molecular flexibility index (Phi) is 3.73. The Morgan fingerprint density at radius 1 is 0.714 bits per heavy atom. The third-order valence-corrected chi connectivity index (χ3v) is 3.36. The number of rotatable bonds is 3. The van der Waals surface area contributed by atoms with E-state index in [0.717, 1.165) is 29.5 Å². The van der Waals surface area contributed by atoms with Crippen molar-refractivity contribution in [3.63, 3.8) is 0 Å². The maximum absolute atomic E-state index is 4.50. The Labute approximate surface area is 124 Å². The molecule has 0 radical (unpaired) electrons. The van der Waals surface area contributed by atoms with Crippen LogP contribution in [-0.4, -0.2) is 15.0 Å². The van der Waals surface area contributed by atoms with E-state index in [1.54, 1.807) is 0 Å². The van der Waals surface area contributed by atoms with Crippen molar-refractivity contribution in [2.45, 2.75) is 20.3 Å². The lowest BCUT2D eigenvalue weighted by atomic mass is 10.0. The molecule has 0 atom stereocenters. The summed E-state index contributed by atoms with van der Waals surface area (Å²) in [4.78, 5) is 13.3. The van der Waals surface area contributed by atoms with Gasteiger partial charge in [-0.15, -0.1) is 0 Å². The van der Waals surface area contributed by atoms with Gasteiger partial charge in [-0.1, -0.05) is 61.5 Å². The van der Waals surface area contributed by atoms with Crippen molar-refractivity contribution in [3.05, 3.63) is 66.2 Å². The highest BCUT2D eigenvalue weighted by Crippen LogP contribution is 2.22. The zero-order valence-electron chi connectivity index (χ0n) is 12.2. The number of aryl methyl sites for hydroxylation is 2. The Morgan fingerprint density at radius 2 is 1.33 bits per heavy atom. The van der Waals surface area contributed by atoms with Crippen LogP contribution in [0, 0.1) is 6.92 Å². The first kappa shape index (κ1) is 13.4. The average molecular weight is 275 g/mol. The number of benzene rings is 2. The molecule has 21 heavy (non-hydrogen) atoms. The summed E-state index contributed by atoms with van der Waals surface area (Å²) in [5.41, 5.74) is 3.43. The molecule has 0 fully saturated rings. The van der Waals surface area contributed by atoms with E-state index in [1.807, 2.05) is 25.1 Å². The first-order chi connectivity index (χ1) is 10.3. The van der Waals surface area contributed by atoms with Gasteiger partial charge >= 0.3 is 0 Å². The molecule has 1 aromatic heterocycles. The molecule has 0 unspecified atom stereocenters. The van der Waals surface area contributed by atoms with Crippen molar-refractivity contribution >= 4 is 0 Å². The van der Waals surface area contributed by atoms with E-state index in [9.17, 15) is 0 Å². The van der Waals surface area contributed by atoms with E-state index in [-0.39, 0.29) is 0 Å². The summed E-state index contributed by atoms with van der Waals surface area (Å²) in [6.07, 6.45) is 0.818. The van der Waals surface area contributed by atoms with Crippen LogP contribution in [-0.2, 0) is 6.42 Å². The molecule has 0 bridgehead atoms. The SMILES string of the molecule is CCc1nc(C)nc(-c2ccc(-c3ccccc3)cc2)n1. The van der Waals surface area contributed by atoms with Gasteiger partial charge in [0, 0.05) is 12.0 Å². The normalized spacial score (nSPS) is 10.6. The molecule has 0 spiro atoms. The molecule has 3 nitrogen and oxygen atoms in total. The minimum atomic E-state index is 0.749. The topological polar surface area (TPSA) is 38.7 Å². The van der Waals surface area contributed by atoms with Gasteiger partial charge in [-0.3, -0.25) is 0 Å². The highest BCUT2D eigenvalue weighted by molar-refractivity contribution is 5.67. The summed E-state index contributed by atoms with van der Waals surface area (Å²) < 4.78 is 0. The lowest BCUT2D eigenvalue weighted by molar-refractivity contribution is 0.869. The quantitative estimate of drug-likeness (QED) is 0.723. The van der Waals surface area contributed by atoms with Crippen LogP contribution in [0.3, 0.4) is 0 Å². The molecule has 0 amide bonds. The lowest BCUT2D eigenvalue weighted by Crippen LogP contribution is -2.01. The number of hydrogen-bond donors (Lipinski definition) is 0. The smallest absolute Gasteiger partial charge is 0.163 e. The molecule has 3 heteroatoms. The van der Waals surface area contributed by atoms with E-state index in [4.69, 9.17) is 0 Å². The zero-order valence-corrected chi connectivity index (χ0v) is 12.2. The van der Waals surface area contributed by atoms with Crippen molar-refractivity contribution < 1.29 is 0 Å². The van der Waals surface area contributed by atoms with Crippen LogP contribution in [0.15, 0.2) is 54.6 Å². The molecule has 104 valence electrons. The fourth-order valence-corrected chi connectivity index (χ4v) is 2.27. The van der Waals surface area contributed by atoms with E-state index in [0.29, 0.717) is 0 Å². The number of aromatic nitrogens is 3. The second kappa shape index (κ2) is 5.83. The van der Waals surface area contributed by atoms with Crippen LogP contribution in [0.25, 0.3) is 22.5 Å². The van der Waals surface area contributed by atoms with Crippen LogP contribution < -0.4 is 0 Å². The van der Waals surface area contributed by atoms with Gasteiger partial charge in [0.1, 0.15) is 11.6 Å². The number of hydrogen-bond acceptors (Lipinski definition) is 3. The summed E-state index contributed by atoms with van der Waals surface area (Å²) in [6.45, 7) is 3.96. The Hall–Kier alpha value is -2.55. The van der Waals surface area contributed by atoms with Gasteiger partial charge < -0.3 is 0 Å². The third-order valence-electron chi connectivity index (χ3n) is 3.36. The minimum absolute atomic E-state index is 0.749. The van der Waals surface area contributed by atoms with Gasteiger partial charge in [-0.2, -0.15) is 0 Å². The first-order valence-corrected chi connectivity index (χ1v) is 7.13. The Balaban J connectivity index is 1.96. The predicted molar refractivity (Wildman–Crippen MR) is 84.8 cm³/mol. The molecule has 0 aliphatic carbocycles. The third kappa shape index (κ3) is 2.97. The maximum Gasteiger partial charge on any atom is 0.163 e. The molecule has 0 N–H and O–H groups in total. The largest absolute Gasteiger partial charge is 0.218 e. The van der Waals surface area contributed by atoms with Crippen LogP contribution in [0.4, 0.5) is 0 Å². The first-order valence-electron chi connectivity index (χ1n) is 7.13. The highest BCUT2D eigenvalue weighted by atomic mass is 15.0. The molecule has 0 saturated carbocycles. The van der Waals surface area contributed by atoms with Gasteiger partial charge in [0.05, 0.1) is 0 Å². The zero-order chi connectivity index (χ0) is 14.7. The van der Waals surface area contributed by atoms with E-state index >= 15 is 0 Å². The summed E-state index contributed by atoms with van der Waals surface area (Å²) in [7, 11) is 0. The van der Waals surface area contributed by atoms with E-state index in [1.165, 1.54) is 11.1 Å². The monoisotopic (exact) mass is 275 g/mol. The van der Waals surface area contributed by atoms with Crippen molar-refractivity contribution in [2.24, 2.45) is 0 Å². The van der Waals surface area contributed by atoms with E-state index in [2.05, 4.69) is 58.3 Å². The Bertz CT molecular complexity index is 734. The van der Waals surface area contributed by atoms with Crippen molar-refractivity contribution in [3.8, 4) is 22.5 Å². The molecule has 1 heterocycles. The van der Waals surface area contributed by atoms with Crippen LogP contribution in [0.1, 0.15) is 18.6 Å². The maximum atomic E-state index is 4.50. The molecular weight excluding hydrogens is 258 g/mol. The number of nitrogens with zero attached hydrogens (tertiary/aromatic N) is 3. The van der Waals surface area contributed by atoms with Crippen molar-refractivity contribution in [1.82, 2.24) is 15.0 Å². The second-order valence-corrected chi connectivity index (χ2v) is 4.92. The molecular formula is C18H17N3. The van der Waals surface area contributed by atoms with Crippen LogP contribution in [0.2, 0.25) is 0 Å². The fourth-order valence-electron chi connectivity index (χ4n) is 2.27. The molecule has 2 aromatic carbocycles. The van der Waals surface area contributed by atoms with Crippen molar-refractivity contribution in [2.75, 3.05) is 0 Å². The minimum Gasteiger partial charge on any atom is -0.218 e. The Morgan fingerprint density at radius 3 is 2.00 bits per heavy atom. The standard InChI is InChI=1S/C18H17N3/c1-3-17-19-13(2)20-18(21-17)16-11-9-15(10-12-16)14-7-5-4-6-8-14/h4-12H,3H2,1-2H3. The van der Waals surface area contributed by atoms with Gasteiger partial charge in [0.25, 0.3) is 0 Å². The fraction of sp³-hybridized carbons (Fsp3) is 0.167. The average Bonchev–Trinajstić information content (AvgIpc) is 2.55. The van der Waals surface area contributed by atoms with Gasteiger partial charge in [-0.25, -0.2) is 15.0 Å². The summed E-state index contributed by atoms with van der Waals surface area (Å²) in [5, 5.41) is 0. The summed E-state index contributed by atoms with van der Waals surface area (Å²) >= 11 is 0. The molecule has 0 saturated heterocycles. The van der Waals surface area contributed by atoms with Crippen LogP contribution >= 0.6 is 0 Å².